The second-order valence-corrected chi connectivity index (χ2v) is 12.0. The summed E-state index contributed by atoms with van der Waals surface area (Å²) in [6, 6.07) is 8.11. The van der Waals surface area contributed by atoms with Gasteiger partial charge in [0, 0.05) is 31.5 Å². The lowest BCUT2D eigenvalue weighted by Crippen LogP contribution is -2.48. The zero-order valence-corrected chi connectivity index (χ0v) is 27.8. The minimum Gasteiger partial charge on any atom is -0.493 e. The number of carboxylic acid groups (broad SMARTS) is 1. The third kappa shape index (κ3) is 10.4. The van der Waals surface area contributed by atoms with E-state index in [1.807, 2.05) is 0 Å². The van der Waals surface area contributed by atoms with E-state index in [1.165, 1.54) is 26.3 Å². The molecule has 1 aromatic carbocycles. The Morgan fingerprint density at radius 1 is 0.939 bits per heavy atom. The number of nitrogens with zero attached hydrogens (tertiary/aromatic N) is 1. The number of nitrogens with one attached hydrogen (secondary N) is 1. The molecule has 0 unspecified atom stereocenters. The summed E-state index contributed by atoms with van der Waals surface area (Å²) in [7, 11) is 1.25. The molecule has 1 aromatic heterocycles. The summed E-state index contributed by atoms with van der Waals surface area (Å²) in [6.45, 7) is 4.43. The SMILES string of the molecule is COc1ccnc(C(=O)N[C@H]2CC(=O)C(=O)[C@H](Cc3ccccc3)[C@H](OC(=O)C(C)C)[C@H](C)C(=O)C2=O)c1OC(=O)CCCCCC(=O)O. The Labute approximate surface area is 282 Å². The van der Waals surface area contributed by atoms with Crippen LogP contribution in [0, 0.1) is 17.8 Å². The maximum atomic E-state index is 13.7. The lowest BCUT2D eigenvalue weighted by atomic mass is 9.81. The molecule has 49 heavy (non-hydrogen) atoms. The Balaban J connectivity index is 1.91. The van der Waals surface area contributed by atoms with Crippen LogP contribution < -0.4 is 14.8 Å². The second-order valence-electron chi connectivity index (χ2n) is 12.0. The smallest absolute Gasteiger partial charge is 0.311 e. The minimum atomic E-state index is -1.80. The lowest BCUT2D eigenvalue weighted by Gasteiger charge is -2.29. The number of carbonyl (C=O) groups is 8. The van der Waals surface area contributed by atoms with E-state index in [-0.39, 0.29) is 30.8 Å². The zero-order valence-electron chi connectivity index (χ0n) is 27.8. The molecule has 262 valence electrons. The molecule has 1 aliphatic rings. The van der Waals surface area contributed by atoms with Crippen LogP contribution in [-0.4, -0.2) is 76.3 Å². The van der Waals surface area contributed by atoms with E-state index in [0.717, 1.165) is 0 Å². The van der Waals surface area contributed by atoms with Gasteiger partial charge in [0.05, 0.1) is 24.9 Å². The standard InChI is InChI=1S/C35H40N2O12/c1-19(2)35(46)49-32-20(3)29(42)31(44)23(18-24(38)30(43)22(32)17-21-11-7-5-8-12-21)37-34(45)28-33(25(47-4)15-16-36-28)48-27(41)14-10-6-9-13-26(39)40/h5,7-8,11-12,15-16,19-20,22-23,32H,6,9-10,13-14,17-18H2,1-4H3,(H,37,45)(H,39,40)/t20-,22+,23+,32-/m1/s1. The highest BCUT2D eigenvalue weighted by atomic mass is 16.6. The molecule has 0 saturated heterocycles. The van der Waals surface area contributed by atoms with Gasteiger partial charge < -0.3 is 24.6 Å². The summed E-state index contributed by atoms with van der Waals surface area (Å²) in [5.74, 6) is -11.6. The maximum absolute atomic E-state index is 13.7. The van der Waals surface area contributed by atoms with Crippen molar-refractivity contribution >= 4 is 46.9 Å². The van der Waals surface area contributed by atoms with Gasteiger partial charge in [-0.1, -0.05) is 57.5 Å². The van der Waals surface area contributed by atoms with E-state index in [2.05, 4.69) is 10.3 Å². The van der Waals surface area contributed by atoms with Gasteiger partial charge in [-0.2, -0.15) is 0 Å². The number of Topliss-reactive ketones (excluding diaryl/α,β-unsaturated/α-hetero) is 4. The number of rotatable bonds is 14. The van der Waals surface area contributed by atoms with Gasteiger partial charge in [0.2, 0.25) is 28.9 Å². The number of hydrogen-bond donors (Lipinski definition) is 2. The van der Waals surface area contributed by atoms with Gasteiger partial charge in [0.15, 0.2) is 11.4 Å². The molecule has 1 saturated carbocycles. The zero-order chi connectivity index (χ0) is 36.2. The number of hydrogen-bond acceptors (Lipinski definition) is 12. The van der Waals surface area contributed by atoms with E-state index in [4.69, 9.17) is 19.3 Å². The van der Waals surface area contributed by atoms with Crippen LogP contribution >= 0.6 is 0 Å². The fourth-order valence-electron chi connectivity index (χ4n) is 5.24. The number of unbranched alkanes of at least 4 members (excludes halogenated alkanes) is 2. The number of aliphatic carboxylic acids is 1. The number of methoxy groups -OCH3 is 1. The van der Waals surface area contributed by atoms with E-state index < -0.39 is 89.0 Å². The highest BCUT2D eigenvalue weighted by Gasteiger charge is 2.46. The monoisotopic (exact) mass is 680 g/mol. The summed E-state index contributed by atoms with van der Waals surface area (Å²) in [6.07, 6.45) is -0.279. The van der Waals surface area contributed by atoms with Crippen LogP contribution in [-0.2, 0) is 44.7 Å². The number of pyridine rings is 1. The number of aromatic nitrogens is 1. The molecule has 0 radical (unpaired) electrons. The first-order chi connectivity index (χ1) is 23.2. The average Bonchev–Trinajstić information content (AvgIpc) is 3.09. The first-order valence-corrected chi connectivity index (χ1v) is 15.9. The lowest BCUT2D eigenvalue weighted by molar-refractivity contribution is -0.163. The van der Waals surface area contributed by atoms with Crippen molar-refractivity contribution in [3.63, 3.8) is 0 Å². The molecule has 1 amide bonds. The third-order valence-electron chi connectivity index (χ3n) is 7.98. The number of ether oxygens (including phenoxy) is 3. The van der Waals surface area contributed by atoms with Gasteiger partial charge in [-0.3, -0.25) is 38.4 Å². The summed E-state index contributed by atoms with van der Waals surface area (Å²) >= 11 is 0. The molecule has 3 rings (SSSR count). The Hall–Kier alpha value is -5.27. The average molecular weight is 681 g/mol. The largest absolute Gasteiger partial charge is 0.493 e. The van der Waals surface area contributed by atoms with Gasteiger partial charge in [0.25, 0.3) is 5.91 Å². The van der Waals surface area contributed by atoms with Crippen LogP contribution in [0.2, 0.25) is 0 Å². The Kier molecular flexibility index (Phi) is 13.8. The fraction of sp³-hybridized carbons (Fsp3) is 0.457. The Morgan fingerprint density at radius 2 is 1.61 bits per heavy atom. The highest BCUT2D eigenvalue weighted by Crippen LogP contribution is 2.31. The van der Waals surface area contributed by atoms with Crippen molar-refractivity contribution in [3.8, 4) is 11.5 Å². The van der Waals surface area contributed by atoms with Crippen molar-refractivity contribution in [2.24, 2.45) is 17.8 Å². The van der Waals surface area contributed by atoms with Crippen LogP contribution in [0.25, 0.3) is 0 Å². The number of carboxylic acids is 1. The van der Waals surface area contributed by atoms with Gasteiger partial charge in [-0.15, -0.1) is 0 Å². The van der Waals surface area contributed by atoms with E-state index in [9.17, 15) is 38.4 Å². The van der Waals surface area contributed by atoms with Gasteiger partial charge in [-0.25, -0.2) is 4.98 Å². The van der Waals surface area contributed by atoms with Crippen LogP contribution in [0.4, 0.5) is 0 Å². The molecule has 0 aliphatic heterocycles. The Bertz CT molecular complexity index is 1590. The number of esters is 2. The quantitative estimate of drug-likeness (QED) is 0.167. The molecule has 1 aliphatic carbocycles. The van der Waals surface area contributed by atoms with Crippen LogP contribution in [0.5, 0.6) is 11.5 Å². The highest BCUT2D eigenvalue weighted by molar-refractivity contribution is 6.44. The molecule has 2 aromatic rings. The van der Waals surface area contributed by atoms with Crippen molar-refractivity contribution < 1.29 is 57.7 Å². The van der Waals surface area contributed by atoms with Crippen LogP contribution in [0.15, 0.2) is 42.6 Å². The predicted molar refractivity (Wildman–Crippen MR) is 171 cm³/mol. The topological polar surface area (TPSA) is 209 Å². The first kappa shape index (κ1) is 38.2. The fourth-order valence-corrected chi connectivity index (χ4v) is 5.24. The number of benzene rings is 1. The molecule has 4 atom stereocenters. The van der Waals surface area contributed by atoms with Crippen molar-refractivity contribution in [1.29, 1.82) is 0 Å². The second kappa shape index (κ2) is 17.8. The molecule has 14 nitrogen and oxygen atoms in total. The van der Waals surface area contributed by atoms with E-state index in [0.29, 0.717) is 24.8 Å². The molecule has 14 heteroatoms. The van der Waals surface area contributed by atoms with Crippen LogP contribution in [0.3, 0.4) is 0 Å². The third-order valence-corrected chi connectivity index (χ3v) is 7.98. The molecule has 0 bridgehead atoms. The number of ketones is 4. The van der Waals surface area contributed by atoms with Crippen LogP contribution in [0.1, 0.15) is 75.3 Å². The summed E-state index contributed by atoms with van der Waals surface area (Å²) in [5.41, 5.74) is 0.122. The van der Waals surface area contributed by atoms with Gasteiger partial charge in [0.1, 0.15) is 12.1 Å². The van der Waals surface area contributed by atoms with Gasteiger partial charge in [-0.05, 0) is 24.8 Å². The van der Waals surface area contributed by atoms with Gasteiger partial charge >= 0.3 is 17.9 Å². The molecular formula is C35H40N2O12. The number of amides is 1. The Morgan fingerprint density at radius 3 is 2.24 bits per heavy atom. The van der Waals surface area contributed by atoms with Crippen molar-refractivity contribution in [2.75, 3.05) is 7.11 Å². The molecular weight excluding hydrogens is 640 g/mol. The summed E-state index contributed by atoms with van der Waals surface area (Å²) in [5, 5.41) is 11.1. The normalized spacial score (nSPS) is 19.8. The van der Waals surface area contributed by atoms with E-state index >= 15 is 0 Å². The minimum absolute atomic E-state index is 0.0531. The molecule has 1 heterocycles. The summed E-state index contributed by atoms with van der Waals surface area (Å²) < 4.78 is 16.2. The van der Waals surface area contributed by atoms with Crippen molar-refractivity contribution in [2.45, 2.75) is 77.9 Å². The maximum Gasteiger partial charge on any atom is 0.311 e. The predicted octanol–water partition coefficient (Wildman–Crippen LogP) is 2.87. The molecule has 1 fully saturated rings. The van der Waals surface area contributed by atoms with E-state index in [1.54, 1.807) is 44.2 Å². The van der Waals surface area contributed by atoms with Crippen molar-refractivity contribution in [3.05, 3.63) is 53.9 Å². The molecule has 2 N–H and O–H groups in total. The van der Waals surface area contributed by atoms with Crippen molar-refractivity contribution in [1.82, 2.24) is 10.3 Å². The number of carbonyl (C=O) groups excluding carboxylic acids is 7. The first-order valence-electron chi connectivity index (χ1n) is 15.9. The summed E-state index contributed by atoms with van der Waals surface area (Å²) in [4.78, 5) is 108. The molecule has 0 spiro atoms.